The van der Waals surface area contributed by atoms with E-state index in [2.05, 4.69) is 21.9 Å². The van der Waals surface area contributed by atoms with Gasteiger partial charge in [-0.3, -0.25) is 4.99 Å². The van der Waals surface area contributed by atoms with Crippen molar-refractivity contribution in [2.24, 2.45) is 10.9 Å². The number of sulfonamides is 1. The Morgan fingerprint density at radius 2 is 1.88 bits per heavy atom. The molecule has 0 aromatic heterocycles. The van der Waals surface area contributed by atoms with Gasteiger partial charge in [-0.25, -0.2) is 8.42 Å². The normalized spacial score (nSPS) is 16.8. The van der Waals surface area contributed by atoms with Gasteiger partial charge in [0.2, 0.25) is 10.0 Å². The Morgan fingerprint density at radius 1 is 1.23 bits per heavy atom. The molecule has 0 amide bonds. The minimum atomic E-state index is -3.36. The fourth-order valence-corrected chi connectivity index (χ4v) is 4.63. The smallest absolute Gasteiger partial charge is 0.243 e. The van der Waals surface area contributed by atoms with Crippen LogP contribution < -0.4 is 10.6 Å². The predicted octanol–water partition coefficient (Wildman–Crippen LogP) is 2.23. The van der Waals surface area contributed by atoms with E-state index in [0.29, 0.717) is 23.9 Å². The van der Waals surface area contributed by atoms with E-state index in [0.717, 1.165) is 37.6 Å². The van der Waals surface area contributed by atoms with Crippen LogP contribution in [0.15, 0.2) is 40.2 Å². The first-order valence-electron chi connectivity index (χ1n) is 8.56. The quantitative estimate of drug-likeness (QED) is 0.254. The molecule has 148 valence electrons. The summed E-state index contributed by atoms with van der Waals surface area (Å²) in [7, 11) is -1.59. The highest BCUT2D eigenvalue weighted by atomic mass is 127. The average Bonchev–Trinajstić information content (AvgIpc) is 2.65. The van der Waals surface area contributed by atoms with E-state index < -0.39 is 10.0 Å². The van der Waals surface area contributed by atoms with Crippen molar-refractivity contribution in [3.8, 4) is 0 Å². The van der Waals surface area contributed by atoms with Crippen LogP contribution >= 0.6 is 35.7 Å². The van der Waals surface area contributed by atoms with Gasteiger partial charge >= 0.3 is 0 Å². The zero-order chi connectivity index (χ0) is 18.1. The maximum Gasteiger partial charge on any atom is 0.243 e. The molecule has 26 heavy (non-hydrogen) atoms. The van der Waals surface area contributed by atoms with Crippen molar-refractivity contribution in [2.75, 3.05) is 45.2 Å². The molecule has 1 aliphatic heterocycles. The Bertz CT molecular complexity index is 648. The number of halogens is 1. The summed E-state index contributed by atoms with van der Waals surface area (Å²) >= 11 is 1.79. The fourth-order valence-electron chi connectivity index (χ4n) is 2.83. The summed E-state index contributed by atoms with van der Waals surface area (Å²) in [5.74, 6) is 2.31. The van der Waals surface area contributed by atoms with Gasteiger partial charge in [0, 0.05) is 39.0 Å². The van der Waals surface area contributed by atoms with Gasteiger partial charge in [0.05, 0.1) is 4.90 Å². The van der Waals surface area contributed by atoms with Crippen LogP contribution in [0.4, 0.5) is 0 Å². The minimum Gasteiger partial charge on any atom is -0.356 e. The number of nitrogens with zero attached hydrogens (tertiary/aromatic N) is 2. The number of piperidine rings is 1. The molecule has 1 aliphatic rings. The summed E-state index contributed by atoms with van der Waals surface area (Å²) in [6.07, 6.45) is 3.80. The molecule has 1 aromatic rings. The summed E-state index contributed by atoms with van der Waals surface area (Å²) in [5, 5.41) is 6.62. The van der Waals surface area contributed by atoms with Crippen molar-refractivity contribution >= 4 is 51.7 Å². The molecule has 2 rings (SSSR count). The fraction of sp³-hybridized carbons (Fsp3) is 0.588. The van der Waals surface area contributed by atoms with E-state index in [1.54, 1.807) is 47.4 Å². The number of hydrogen-bond acceptors (Lipinski definition) is 4. The molecular formula is C17H29IN4O2S2. The Hall–Kier alpha value is -0.520. The molecule has 0 bridgehead atoms. The zero-order valence-corrected chi connectivity index (χ0v) is 19.3. The first kappa shape index (κ1) is 23.5. The van der Waals surface area contributed by atoms with Gasteiger partial charge in [0.25, 0.3) is 0 Å². The van der Waals surface area contributed by atoms with E-state index >= 15 is 0 Å². The highest BCUT2D eigenvalue weighted by Crippen LogP contribution is 2.23. The van der Waals surface area contributed by atoms with Crippen molar-refractivity contribution in [3.63, 3.8) is 0 Å². The molecule has 9 heteroatoms. The Kier molecular flexibility index (Phi) is 10.9. The van der Waals surface area contributed by atoms with Gasteiger partial charge in [0.15, 0.2) is 5.96 Å². The molecule has 0 aliphatic carbocycles. The molecule has 0 unspecified atom stereocenters. The second kappa shape index (κ2) is 12.0. The van der Waals surface area contributed by atoms with Crippen LogP contribution in [-0.4, -0.2) is 63.9 Å². The lowest BCUT2D eigenvalue weighted by molar-refractivity contribution is 0.273. The zero-order valence-electron chi connectivity index (χ0n) is 15.3. The summed E-state index contributed by atoms with van der Waals surface area (Å²) in [4.78, 5) is 4.60. The molecule has 1 fully saturated rings. The maximum absolute atomic E-state index is 12.6. The predicted molar refractivity (Wildman–Crippen MR) is 121 cm³/mol. The van der Waals surface area contributed by atoms with E-state index in [9.17, 15) is 8.42 Å². The van der Waals surface area contributed by atoms with Crippen LogP contribution in [0.1, 0.15) is 12.8 Å². The van der Waals surface area contributed by atoms with Crippen LogP contribution in [0.3, 0.4) is 0 Å². The van der Waals surface area contributed by atoms with Crippen LogP contribution in [0, 0.1) is 5.92 Å². The monoisotopic (exact) mass is 512 g/mol. The van der Waals surface area contributed by atoms with Crippen molar-refractivity contribution in [2.45, 2.75) is 17.7 Å². The minimum absolute atomic E-state index is 0. The summed E-state index contributed by atoms with van der Waals surface area (Å²) < 4.78 is 26.9. The first-order chi connectivity index (χ1) is 12.1. The van der Waals surface area contributed by atoms with Gasteiger partial charge in [-0.15, -0.1) is 24.0 Å². The Balaban J connectivity index is 0.00000338. The molecule has 1 heterocycles. The van der Waals surface area contributed by atoms with Crippen LogP contribution in [0.5, 0.6) is 0 Å². The van der Waals surface area contributed by atoms with E-state index in [-0.39, 0.29) is 24.0 Å². The largest absolute Gasteiger partial charge is 0.356 e. The van der Waals surface area contributed by atoms with Crippen LogP contribution in [0.2, 0.25) is 0 Å². The number of thioether (sulfide) groups is 1. The van der Waals surface area contributed by atoms with Gasteiger partial charge in [0.1, 0.15) is 0 Å². The number of rotatable bonds is 7. The van der Waals surface area contributed by atoms with Crippen LogP contribution in [0.25, 0.3) is 0 Å². The number of aliphatic imine (C=N–C) groups is 1. The number of hydrogen-bond donors (Lipinski definition) is 2. The molecule has 0 spiro atoms. The summed E-state index contributed by atoms with van der Waals surface area (Å²) in [6, 6.07) is 8.68. The third-order valence-electron chi connectivity index (χ3n) is 4.33. The lowest BCUT2D eigenvalue weighted by Crippen LogP contribution is -2.44. The SMILES string of the molecule is CN=C(NCCSC)NCC1CCN(S(=O)(=O)c2ccccc2)CC1.I. The van der Waals surface area contributed by atoms with E-state index in [4.69, 9.17) is 0 Å². The molecule has 2 N–H and O–H groups in total. The second-order valence-corrected chi connectivity index (χ2v) is 8.96. The van der Waals surface area contributed by atoms with Gasteiger partial charge in [-0.05, 0) is 37.1 Å². The molecule has 0 saturated carbocycles. The van der Waals surface area contributed by atoms with Crippen molar-refractivity contribution in [1.82, 2.24) is 14.9 Å². The van der Waals surface area contributed by atoms with Crippen LogP contribution in [-0.2, 0) is 10.0 Å². The van der Waals surface area contributed by atoms with E-state index in [1.807, 2.05) is 6.07 Å². The lowest BCUT2D eigenvalue weighted by atomic mass is 9.98. The first-order valence-corrected chi connectivity index (χ1v) is 11.4. The molecule has 1 aromatic carbocycles. The molecule has 1 saturated heterocycles. The third-order valence-corrected chi connectivity index (χ3v) is 6.86. The van der Waals surface area contributed by atoms with Gasteiger partial charge in [-0.1, -0.05) is 18.2 Å². The number of nitrogens with one attached hydrogen (secondary N) is 2. The molecule has 0 radical (unpaired) electrons. The van der Waals surface area contributed by atoms with Crippen molar-refractivity contribution < 1.29 is 8.42 Å². The van der Waals surface area contributed by atoms with Gasteiger partial charge < -0.3 is 10.6 Å². The highest BCUT2D eigenvalue weighted by molar-refractivity contribution is 14.0. The lowest BCUT2D eigenvalue weighted by Gasteiger charge is -2.31. The second-order valence-electron chi connectivity index (χ2n) is 6.03. The Morgan fingerprint density at radius 3 is 2.46 bits per heavy atom. The summed E-state index contributed by atoms with van der Waals surface area (Å²) in [5.41, 5.74) is 0. The Labute approximate surface area is 178 Å². The average molecular weight is 512 g/mol. The molecule has 0 atom stereocenters. The van der Waals surface area contributed by atoms with Crippen molar-refractivity contribution in [3.05, 3.63) is 30.3 Å². The topological polar surface area (TPSA) is 73.8 Å². The molecular weight excluding hydrogens is 483 g/mol. The maximum atomic E-state index is 12.6. The number of benzene rings is 1. The van der Waals surface area contributed by atoms with Gasteiger partial charge in [-0.2, -0.15) is 16.1 Å². The summed E-state index contributed by atoms with van der Waals surface area (Å²) in [6.45, 7) is 2.84. The third kappa shape index (κ3) is 6.90. The van der Waals surface area contributed by atoms with E-state index in [1.165, 1.54) is 0 Å². The molecule has 6 nitrogen and oxygen atoms in total. The highest BCUT2D eigenvalue weighted by Gasteiger charge is 2.29. The number of guanidine groups is 1. The van der Waals surface area contributed by atoms with Crippen molar-refractivity contribution in [1.29, 1.82) is 0 Å². The standard InChI is InChI=1S/C17H28N4O2S2.HI/c1-18-17(19-10-13-24-2)20-14-15-8-11-21(12-9-15)25(22,23)16-6-4-3-5-7-16;/h3-7,15H,8-14H2,1-2H3,(H2,18,19,20);1H.